The average Bonchev–Trinajstić information content (AvgIpc) is 2.37. The SMILES string of the molecule is COc1ccc(C)cc1C(=O)NCC1(CN)CCC1. The molecule has 0 atom stereocenters. The van der Waals surface area contributed by atoms with Crippen molar-refractivity contribution in [3.05, 3.63) is 29.3 Å². The van der Waals surface area contributed by atoms with E-state index in [2.05, 4.69) is 5.32 Å². The summed E-state index contributed by atoms with van der Waals surface area (Å²) in [6.45, 7) is 3.25. The Bertz CT molecular complexity index is 462. The van der Waals surface area contributed by atoms with E-state index in [0.717, 1.165) is 18.4 Å². The highest BCUT2D eigenvalue weighted by Crippen LogP contribution is 2.39. The Morgan fingerprint density at radius 1 is 1.47 bits per heavy atom. The standard InChI is InChI=1S/C15H22N2O2/c1-11-4-5-13(19-2)12(8-11)14(18)17-10-15(9-16)6-3-7-15/h4-5,8H,3,6-7,9-10,16H2,1-2H3,(H,17,18). The Kier molecular flexibility index (Phi) is 4.10. The fraction of sp³-hybridized carbons (Fsp3) is 0.533. The van der Waals surface area contributed by atoms with E-state index in [1.165, 1.54) is 6.42 Å². The maximum absolute atomic E-state index is 12.2. The van der Waals surface area contributed by atoms with E-state index < -0.39 is 0 Å². The Morgan fingerprint density at radius 2 is 2.21 bits per heavy atom. The molecule has 1 saturated carbocycles. The molecule has 1 fully saturated rings. The molecule has 1 aromatic carbocycles. The van der Waals surface area contributed by atoms with Gasteiger partial charge in [0.2, 0.25) is 0 Å². The largest absolute Gasteiger partial charge is 0.496 e. The second-order valence-corrected chi connectivity index (χ2v) is 5.44. The summed E-state index contributed by atoms with van der Waals surface area (Å²) in [4.78, 5) is 12.2. The first-order valence-electron chi connectivity index (χ1n) is 6.73. The first-order valence-corrected chi connectivity index (χ1v) is 6.73. The van der Waals surface area contributed by atoms with Crippen molar-refractivity contribution in [1.29, 1.82) is 0 Å². The predicted molar refractivity (Wildman–Crippen MR) is 75.4 cm³/mol. The zero-order valence-corrected chi connectivity index (χ0v) is 11.7. The van der Waals surface area contributed by atoms with Crippen LogP contribution in [-0.4, -0.2) is 26.1 Å². The minimum absolute atomic E-state index is 0.0831. The molecule has 0 aromatic heterocycles. The minimum Gasteiger partial charge on any atom is -0.496 e. The summed E-state index contributed by atoms with van der Waals surface area (Å²) in [7, 11) is 1.58. The third kappa shape index (κ3) is 2.89. The van der Waals surface area contributed by atoms with Crippen LogP contribution in [0, 0.1) is 12.3 Å². The molecule has 0 spiro atoms. The summed E-state index contributed by atoms with van der Waals surface area (Å²) in [6, 6.07) is 5.61. The van der Waals surface area contributed by atoms with Crippen LogP contribution in [0.1, 0.15) is 35.2 Å². The number of methoxy groups -OCH3 is 1. The number of rotatable bonds is 5. The Morgan fingerprint density at radius 3 is 2.74 bits per heavy atom. The van der Waals surface area contributed by atoms with Crippen LogP contribution in [0.25, 0.3) is 0 Å². The van der Waals surface area contributed by atoms with Gasteiger partial charge in [-0.15, -0.1) is 0 Å². The lowest BCUT2D eigenvalue weighted by Crippen LogP contribution is -2.46. The van der Waals surface area contributed by atoms with Gasteiger partial charge in [0, 0.05) is 6.54 Å². The molecular weight excluding hydrogens is 240 g/mol. The van der Waals surface area contributed by atoms with Crippen LogP contribution in [0.2, 0.25) is 0 Å². The van der Waals surface area contributed by atoms with Crippen LogP contribution < -0.4 is 15.8 Å². The molecule has 1 aliphatic rings. The highest BCUT2D eigenvalue weighted by molar-refractivity contribution is 5.97. The molecule has 0 aliphatic heterocycles. The molecule has 3 N–H and O–H groups in total. The molecule has 4 nitrogen and oxygen atoms in total. The average molecular weight is 262 g/mol. The van der Waals surface area contributed by atoms with Crippen molar-refractivity contribution in [3.8, 4) is 5.75 Å². The molecule has 0 bridgehead atoms. The number of benzene rings is 1. The summed E-state index contributed by atoms with van der Waals surface area (Å²) in [5.41, 5.74) is 7.55. The van der Waals surface area contributed by atoms with Crippen molar-refractivity contribution >= 4 is 5.91 Å². The van der Waals surface area contributed by atoms with Gasteiger partial charge in [-0.25, -0.2) is 0 Å². The quantitative estimate of drug-likeness (QED) is 0.851. The maximum Gasteiger partial charge on any atom is 0.255 e. The molecule has 0 radical (unpaired) electrons. The number of hydrogen-bond acceptors (Lipinski definition) is 3. The number of hydrogen-bond donors (Lipinski definition) is 2. The van der Waals surface area contributed by atoms with E-state index in [4.69, 9.17) is 10.5 Å². The topological polar surface area (TPSA) is 64.3 Å². The van der Waals surface area contributed by atoms with Crippen LogP contribution in [0.15, 0.2) is 18.2 Å². The number of carbonyl (C=O) groups is 1. The number of aryl methyl sites for hydroxylation is 1. The second kappa shape index (κ2) is 5.61. The molecular formula is C15H22N2O2. The summed E-state index contributed by atoms with van der Waals surface area (Å²) < 4.78 is 5.23. The fourth-order valence-corrected chi connectivity index (χ4v) is 2.49. The molecule has 1 aromatic rings. The number of amides is 1. The molecule has 1 aliphatic carbocycles. The van der Waals surface area contributed by atoms with Crippen molar-refractivity contribution in [3.63, 3.8) is 0 Å². The summed E-state index contributed by atoms with van der Waals surface area (Å²) in [6.07, 6.45) is 3.42. The van der Waals surface area contributed by atoms with Crippen LogP contribution >= 0.6 is 0 Å². The molecule has 0 saturated heterocycles. The van der Waals surface area contributed by atoms with Crippen LogP contribution in [0.3, 0.4) is 0 Å². The normalized spacial score (nSPS) is 16.6. The molecule has 104 valence electrons. The lowest BCUT2D eigenvalue weighted by molar-refractivity contribution is 0.0873. The second-order valence-electron chi connectivity index (χ2n) is 5.44. The smallest absolute Gasteiger partial charge is 0.255 e. The van der Waals surface area contributed by atoms with Gasteiger partial charge in [0.05, 0.1) is 12.7 Å². The first kappa shape index (κ1) is 13.9. The molecule has 0 unspecified atom stereocenters. The third-order valence-corrected chi connectivity index (χ3v) is 4.07. The van der Waals surface area contributed by atoms with Crippen molar-refractivity contribution in [1.82, 2.24) is 5.32 Å². The molecule has 0 heterocycles. The van der Waals surface area contributed by atoms with Gasteiger partial charge in [-0.1, -0.05) is 18.1 Å². The highest BCUT2D eigenvalue weighted by atomic mass is 16.5. The predicted octanol–water partition coefficient (Wildman–Crippen LogP) is 1.86. The number of ether oxygens (including phenoxy) is 1. The van der Waals surface area contributed by atoms with Gasteiger partial charge in [-0.05, 0) is 43.9 Å². The zero-order valence-electron chi connectivity index (χ0n) is 11.7. The van der Waals surface area contributed by atoms with Gasteiger partial charge in [-0.3, -0.25) is 4.79 Å². The van der Waals surface area contributed by atoms with Gasteiger partial charge in [-0.2, -0.15) is 0 Å². The van der Waals surface area contributed by atoms with Gasteiger partial charge >= 0.3 is 0 Å². The Labute approximate surface area is 114 Å². The van der Waals surface area contributed by atoms with Crippen LogP contribution in [0.5, 0.6) is 5.75 Å². The number of nitrogens with one attached hydrogen (secondary N) is 1. The number of nitrogens with two attached hydrogens (primary N) is 1. The Balaban J connectivity index is 2.05. The molecule has 1 amide bonds. The fourth-order valence-electron chi connectivity index (χ4n) is 2.49. The van der Waals surface area contributed by atoms with E-state index in [1.54, 1.807) is 7.11 Å². The Hall–Kier alpha value is -1.55. The van der Waals surface area contributed by atoms with Gasteiger partial charge in [0.15, 0.2) is 0 Å². The minimum atomic E-state index is -0.0831. The molecule has 2 rings (SSSR count). The monoisotopic (exact) mass is 262 g/mol. The van der Waals surface area contributed by atoms with Crippen LogP contribution in [0.4, 0.5) is 0 Å². The van der Waals surface area contributed by atoms with Gasteiger partial charge in [0.1, 0.15) is 5.75 Å². The molecule has 4 heteroatoms. The summed E-state index contributed by atoms with van der Waals surface area (Å²) in [5.74, 6) is 0.527. The lowest BCUT2D eigenvalue weighted by atomic mass is 9.69. The van der Waals surface area contributed by atoms with Crippen molar-refractivity contribution < 1.29 is 9.53 Å². The third-order valence-electron chi connectivity index (χ3n) is 4.07. The van der Waals surface area contributed by atoms with Crippen molar-refractivity contribution in [2.24, 2.45) is 11.1 Å². The summed E-state index contributed by atoms with van der Waals surface area (Å²) in [5, 5.41) is 3.00. The van der Waals surface area contributed by atoms with Crippen molar-refractivity contribution in [2.75, 3.05) is 20.2 Å². The van der Waals surface area contributed by atoms with E-state index in [9.17, 15) is 4.79 Å². The van der Waals surface area contributed by atoms with E-state index >= 15 is 0 Å². The van der Waals surface area contributed by atoms with Gasteiger partial charge in [0.25, 0.3) is 5.91 Å². The highest BCUT2D eigenvalue weighted by Gasteiger charge is 2.35. The zero-order chi connectivity index (χ0) is 13.9. The first-order chi connectivity index (χ1) is 9.10. The van der Waals surface area contributed by atoms with E-state index in [0.29, 0.717) is 24.4 Å². The van der Waals surface area contributed by atoms with E-state index in [-0.39, 0.29) is 11.3 Å². The lowest BCUT2D eigenvalue weighted by Gasteiger charge is -2.41. The van der Waals surface area contributed by atoms with Crippen LogP contribution in [-0.2, 0) is 0 Å². The summed E-state index contributed by atoms with van der Waals surface area (Å²) >= 11 is 0. The van der Waals surface area contributed by atoms with Gasteiger partial charge < -0.3 is 15.8 Å². The maximum atomic E-state index is 12.2. The molecule has 19 heavy (non-hydrogen) atoms. The van der Waals surface area contributed by atoms with Crippen molar-refractivity contribution in [2.45, 2.75) is 26.2 Å². The van der Waals surface area contributed by atoms with E-state index in [1.807, 2.05) is 25.1 Å². The number of carbonyl (C=O) groups excluding carboxylic acids is 1.